The van der Waals surface area contributed by atoms with Crippen LogP contribution in [0.25, 0.3) is 11.2 Å². The molecule has 1 aliphatic carbocycles. The molecule has 0 bridgehead atoms. The van der Waals surface area contributed by atoms with Gasteiger partial charge in [0, 0.05) is 11.7 Å². The van der Waals surface area contributed by atoms with E-state index in [0.717, 1.165) is 28.2 Å². The molecule has 2 heterocycles. The van der Waals surface area contributed by atoms with Crippen LogP contribution in [0, 0.1) is 0 Å². The summed E-state index contributed by atoms with van der Waals surface area (Å²) in [6.45, 7) is 0.630. The van der Waals surface area contributed by atoms with Crippen LogP contribution in [0.5, 0.6) is 0 Å². The maximum atomic E-state index is 10.6. The lowest BCUT2D eigenvalue weighted by molar-refractivity contribution is -0.105. The van der Waals surface area contributed by atoms with Gasteiger partial charge in [0.25, 0.3) is 0 Å². The highest BCUT2D eigenvalue weighted by molar-refractivity contribution is 5.83. The van der Waals surface area contributed by atoms with Crippen molar-refractivity contribution >= 4 is 29.1 Å². The zero-order valence-corrected chi connectivity index (χ0v) is 12.4. The summed E-state index contributed by atoms with van der Waals surface area (Å²) in [5.41, 5.74) is 3.43. The number of anilines is 2. The monoisotopic (exact) mass is 308 g/mol. The number of benzene rings is 1. The molecule has 4 rings (SSSR count). The van der Waals surface area contributed by atoms with Crippen LogP contribution in [0.15, 0.2) is 36.9 Å². The van der Waals surface area contributed by atoms with Crippen molar-refractivity contribution in [3.63, 3.8) is 0 Å². The first-order valence-corrected chi connectivity index (χ1v) is 7.55. The zero-order chi connectivity index (χ0) is 15.6. The fourth-order valence-corrected chi connectivity index (χ4v) is 2.55. The van der Waals surface area contributed by atoms with Gasteiger partial charge in [-0.15, -0.1) is 0 Å². The molecule has 0 unspecified atom stereocenters. The maximum absolute atomic E-state index is 10.6. The molecule has 1 fully saturated rings. The van der Waals surface area contributed by atoms with Crippen molar-refractivity contribution in [2.45, 2.75) is 25.4 Å². The number of fused-ring (bicyclic) bond motifs is 1. The van der Waals surface area contributed by atoms with E-state index in [1.807, 2.05) is 28.8 Å². The molecule has 0 radical (unpaired) electrons. The molecule has 3 aromatic rings. The second kappa shape index (κ2) is 5.68. The molecule has 23 heavy (non-hydrogen) atoms. The molecule has 0 spiro atoms. The fourth-order valence-electron chi connectivity index (χ4n) is 2.55. The number of carbonyl (C=O) groups excluding carboxylic acids is 1. The summed E-state index contributed by atoms with van der Waals surface area (Å²) in [7, 11) is 0. The zero-order valence-electron chi connectivity index (χ0n) is 12.4. The third-order valence-corrected chi connectivity index (χ3v) is 3.82. The van der Waals surface area contributed by atoms with Gasteiger partial charge in [-0.05, 0) is 30.5 Å². The van der Waals surface area contributed by atoms with Gasteiger partial charge in [0.15, 0.2) is 11.5 Å². The Labute approximate surface area is 132 Å². The topological polar surface area (TPSA) is 84.7 Å². The number of amides is 1. The van der Waals surface area contributed by atoms with Gasteiger partial charge in [-0.3, -0.25) is 4.79 Å². The summed E-state index contributed by atoms with van der Waals surface area (Å²) in [5.74, 6) is 0.799. The summed E-state index contributed by atoms with van der Waals surface area (Å²) in [6.07, 6.45) is 6.38. The number of imidazole rings is 1. The van der Waals surface area contributed by atoms with Crippen LogP contribution in [-0.4, -0.2) is 32.0 Å². The van der Waals surface area contributed by atoms with Crippen molar-refractivity contribution < 1.29 is 4.79 Å². The Kier molecular flexibility index (Phi) is 3.38. The Morgan fingerprint density at radius 1 is 1.26 bits per heavy atom. The van der Waals surface area contributed by atoms with E-state index >= 15 is 0 Å². The van der Waals surface area contributed by atoms with Crippen LogP contribution in [0.4, 0.5) is 11.5 Å². The highest BCUT2D eigenvalue weighted by Crippen LogP contribution is 2.27. The van der Waals surface area contributed by atoms with Gasteiger partial charge in [0.1, 0.15) is 11.8 Å². The highest BCUT2D eigenvalue weighted by Gasteiger charge is 2.23. The normalized spacial score (nSPS) is 13.9. The molecule has 1 aromatic carbocycles. The number of carbonyl (C=O) groups is 1. The molecule has 0 aliphatic heterocycles. The van der Waals surface area contributed by atoms with Gasteiger partial charge in [0.2, 0.25) is 6.41 Å². The lowest BCUT2D eigenvalue weighted by atomic mass is 10.2. The van der Waals surface area contributed by atoms with Crippen LogP contribution in [0.2, 0.25) is 0 Å². The van der Waals surface area contributed by atoms with Crippen LogP contribution >= 0.6 is 0 Å². The minimum atomic E-state index is 0.518. The molecule has 0 saturated heterocycles. The Hall–Kier alpha value is -2.96. The second-order valence-electron chi connectivity index (χ2n) is 5.65. The minimum absolute atomic E-state index is 0.518. The average molecular weight is 308 g/mol. The van der Waals surface area contributed by atoms with Crippen molar-refractivity contribution in [1.29, 1.82) is 0 Å². The van der Waals surface area contributed by atoms with Crippen molar-refractivity contribution in [3.05, 3.63) is 42.5 Å². The van der Waals surface area contributed by atoms with Crippen LogP contribution in [0.3, 0.4) is 0 Å². The van der Waals surface area contributed by atoms with Crippen molar-refractivity contribution in [1.82, 2.24) is 19.5 Å². The lowest BCUT2D eigenvalue weighted by Gasteiger charge is -2.07. The Morgan fingerprint density at radius 2 is 2.17 bits per heavy atom. The van der Waals surface area contributed by atoms with E-state index in [4.69, 9.17) is 0 Å². The third-order valence-electron chi connectivity index (χ3n) is 3.82. The number of aromatic nitrogens is 4. The molecule has 116 valence electrons. The molecule has 0 atom stereocenters. The molecule has 1 saturated carbocycles. The summed E-state index contributed by atoms with van der Waals surface area (Å²) < 4.78 is 1.98. The van der Waals surface area contributed by atoms with Crippen LogP contribution in [-0.2, 0) is 11.3 Å². The highest BCUT2D eigenvalue weighted by atomic mass is 16.1. The van der Waals surface area contributed by atoms with Gasteiger partial charge in [-0.2, -0.15) is 0 Å². The first-order valence-electron chi connectivity index (χ1n) is 7.55. The maximum Gasteiger partial charge on any atom is 0.211 e. The van der Waals surface area contributed by atoms with Gasteiger partial charge in [-0.1, -0.05) is 12.1 Å². The minimum Gasteiger partial charge on any atom is -0.365 e. The predicted octanol–water partition coefficient (Wildman–Crippen LogP) is 2.02. The van der Waals surface area contributed by atoms with E-state index in [0.29, 0.717) is 19.0 Å². The van der Waals surface area contributed by atoms with Gasteiger partial charge < -0.3 is 15.2 Å². The first kappa shape index (κ1) is 13.7. The van der Waals surface area contributed by atoms with Gasteiger partial charge in [0.05, 0.1) is 12.9 Å². The van der Waals surface area contributed by atoms with Gasteiger partial charge in [-0.25, -0.2) is 15.0 Å². The summed E-state index contributed by atoms with van der Waals surface area (Å²) in [5, 5.41) is 6.05. The fraction of sp³-hybridized carbons (Fsp3) is 0.250. The molecule has 2 aromatic heterocycles. The van der Waals surface area contributed by atoms with E-state index < -0.39 is 0 Å². The van der Waals surface area contributed by atoms with E-state index in [1.165, 1.54) is 12.8 Å². The molecule has 2 N–H and O–H groups in total. The molecule has 7 heteroatoms. The summed E-state index contributed by atoms with van der Waals surface area (Å²) in [6, 6.07) is 8.22. The molecular weight excluding hydrogens is 292 g/mol. The second-order valence-corrected chi connectivity index (χ2v) is 5.65. The number of nitrogens with one attached hydrogen (secondary N) is 2. The first-order chi connectivity index (χ1) is 11.3. The SMILES string of the molecule is O=CNc1cccc(Cn2cnc3c(NC4CC4)ncnc32)c1. The van der Waals surface area contributed by atoms with E-state index in [-0.39, 0.29) is 0 Å². The van der Waals surface area contributed by atoms with Crippen molar-refractivity contribution in [2.24, 2.45) is 0 Å². The number of hydrogen-bond acceptors (Lipinski definition) is 5. The Bertz CT molecular complexity index is 855. The quantitative estimate of drug-likeness (QED) is 0.681. The summed E-state index contributed by atoms with van der Waals surface area (Å²) >= 11 is 0. The molecule has 1 amide bonds. The lowest BCUT2D eigenvalue weighted by Crippen LogP contribution is -2.05. The van der Waals surface area contributed by atoms with Crippen LogP contribution in [0.1, 0.15) is 18.4 Å². The predicted molar refractivity (Wildman–Crippen MR) is 87.2 cm³/mol. The average Bonchev–Trinajstić information content (AvgIpc) is 3.28. The molecule has 7 nitrogen and oxygen atoms in total. The number of rotatable bonds is 6. The van der Waals surface area contributed by atoms with Gasteiger partial charge >= 0.3 is 0 Å². The standard InChI is InChI=1S/C16H16N6O/c23-10-20-13-3-1-2-11(6-13)7-22-9-19-14-15(21-12-4-5-12)17-8-18-16(14)22/h1-3,6,8-10,12H,4-5,7H2,(H,20,23)(H,17,18,21). The molecule has 1 aliphatic rings. The number of hydrogen-bond donors (Lipinski definition) is 2. The molecular formula is C16H16N6O. The Balaban J connectivity index is 1.64. The smallest absolute Gasteiger partial charge is 0.211 e. The van der Waals surface area contributed by atoms with E-state index in [1.54, 1.807) is 12.7 Å². The Morgan fingerprint density at radius 3 is 3.00 bits per heavy atom. The van der Waals surface area contributed by atoms with E-state index in [9.17, 15) is 4.79 Å². The summed E-state index contributed by atoms with van der Waals surface area (Å²) in [4.78, 5) is 23.7. The third kappa shape index (κ3) is 2.85. The van der Waals surface area contributed by atoms with E-state index in [2.05, 4.69) is 25.6 Å². The van der Waals surface area contributed by atoms with Crippen LogP contribution < -0.4 is 10.6 Å². The largest absolute Gasteiger partial charge is 0.365 e. The van der Waals surface area contributed by atoms with Crippen molar-refractivity contribution in [3.8, 4) is 0 Å². The number of nitrogens with zero attached hydrogens (tertiary/aromatic N) is 4. The van der Waals surface area contributed by atoms with Crippen molar-refractivity contribution in [2.75, 3.05) is 10.6 Å².